The van der Waals surface area contributed by atoms with Gasteiger partial charge in [0.2, 0.25) is 0 Å². The molecule has 1 aliphatic rings. The van der Waals surface area contributed by atoms with Gasteiger partial charge in [-0.15, -0.1) is 0 Å². The molecular weight excluding hydrogens is 136 g/mol. The van der Waals surface area contributed by atoms with Gasteiger partial charge in [0.25, 0.3) is 0 Å². The fraction of sp³-hybridized carbons (Fsp3) is 1.00. The molecule has 11 heavy (non-hydrogen) atoms. The van der Waals surface area contributed by atoms with Crippen molar-refractivity contribution in [3.8, 4) is 0 Å². The van der Waals surface area contributed by atoms with E-state index < -0.39 is 0 Å². The predicted octanol–water partition coefficient (Wildman–Crippen LogP) is 2.59. The number of hydrogen-bond acceptors (Lipinski definition) is 1. The highest BCUT2D eigenvalue weighted by Crippen LogP contribution is 2.50. The van der Waals surface area contributed by atoms with Gasteiger partial charge < -0.3 is 5.11 Å². The summed E-state index contributed by atoms with van der Waals surface area (Å²) in [5.41, 5.74) is 0.370. The van der Waals surface area contributed by atoms with Crippen LogP contribution in [0.5, 0.6) is 0 Å². The van der Waals surface area contributed by atoms with E-state index in [1.54, 1.807) is 0 Å². The molecule has 1 heteroatoms. The van der Waals surface area contributed by atoms with Crippen LogP contribution >= 0.6 is 0 Å². The Labute approximate surface area is 69.8 Å². The normalized spacial score (nSPS) is 23.2. The van der Waals surface area contributed by atoms with E-state index in [2.05, 4.69) is 13.8 Å². The van der Waals surface area contributed by atoms with Crippen LogP contribution in [0.25, 0.3) is 0 Å². The third kappa shape index (κ3) is 2.48. The Bertz CT molecular complexity index is 116. The minimum atomic E-state index is 0.370. The van der Waals surface area contributed by atoms with Crippen LogP contribution < -0.4 is 0 Å². The third-order valence-corrected chi connectivity index (χ3v) is 2.86. The number of aliphatic hydroxyl groups is 1. The van der Waals surface area contributed by atoms with E-state index in [4.69, 9.17) is 5.11 Å². The lowest BCUT2D eigenvalue weighted by Crippen LogP contribution is -2.11. The van der Waals surface area contributed by atoms with Gasteiger partial charge >= 0.3 is 0 Å². The van der Waals surface area contributed by atoms with E-state index in [-0.39, 0.29) is 0 Å². The van der Waals surface area contributed by atoms with Crippen molar-refractivity contribution in [1.82, 2.24) is 0 Å². The first kappa shape index (κ1) is 9.05. The van der Waals surface area contributed by atoms with E-state index in [1.165, 1.54) is 32.1 Å². The number of hydrogen-bond donors (Lipinski definition) is 1. The lowest BCUT2D eigenvalue weighted by Gasteiger charge is -2.16. The lowest BCUT2D eigenvalue weighted by molar-refractivity contribution is 0.184. The molecule has 0 aromatic carbocycles. The first-order valence-electron chi connectivity index (χ1n) is 4.83. The largest absolute Gasteiger partial charge is 0.396 e. The first-order chi connectivity index (χ1) is 5.22. The molecule has 1 nitrogen and oxygen atoms in total. The molecule has 1 saturated carbocycles. The average molecular weight is 156 g/mol. The molecule has 0 bridgehead atoms. The molecule has 1 unspecified atom stereocenters. The molecule has 1 atom stereocenters. The van der Waals surface area contributed by atoms with E-state index in [1.807, 2.05) is 0 Å². The summed E-state index contributed by atoms with van der Waals surface area (Å²) in [5.74, 6) is 0.814. The van der Waals surface area contributed by atoms with Crippen LogP contribution in [-0.4, -0.2) is 11.7 Å². The zero-order valence-electron chi connectivity index (χ0n) is 7.77. The molecule has 0 amide bonds. The highest BCUT2D eigenvalue weighted by atomic mass is 16.3. The van der Waals surface area contributed by atoms with Crippen molar-refractivity contribution < 1.29 is 5.11 Å². The Hall–Kier alpha value is -0.0400. The topological polar surface area (TPSA) is 20.2 Å². The van der Waals surface area contributed by atoms with Crippen LogP contribution in [0.4, 0.5) is 0 Å². The second-order valence-electron chi connectivity index (χ2n) is 4.26. The molecule has 0 aromatic rings. The second-order valence-corrected chi connectivity index (χ2v) is 4.26. The Morgan fingerprint density at radius 1 is 1.45 bits per heavy atom. The number of rotatable bonds is 5. The summed E-state index contributed by atoms with van der Waals surface area (Å²) in [7, 11) is 0. The monoisotopic (exact) mass is 156 g/mol. The lowest BCUT2D eigenvalue weighted by atomic mass is 9.91. The third-order valence-electron chi connectivity index (χ3n) is 2.86. The van der Waals surface area contributed by atoms with Gasteiger partial charge in [0.05, 0.1) is 0 Å². The first-order valence-corrected chi connectivity index (χ1v) is 4.83. The van der Waals surface area contributed by atoms with Crippen molar-refractivity contribution in [2.75, 3.05) is 6.61 Å². The molecule has 0 aliphatic heterocycles. The van der Waals surface area contributed by atoms with Gasteiger partial charge in [0, 0.05) is 6.61 Å². The smallest absolute Gasteiger partial charge is 0.0487 e. The summed E-state index contributed by atoms with van der Waals surface area (Å²) >= 11 is 0. The summed E-state index contributed by atoms with van der Waals surface area (Å²) in [4.78, 5) is 0. The summed E-state index contributed by atoms with van der Waals surface area (Å²) in [6, 6.07) is 0. The highest BCUT2D eigenvalue weighted by molar-refractivity contribution is 4.93. The molecule has 0 heterocycles. The van der Waals surface area contributed by atoms with Crippen molar-refractivity contribution in [2.45, 2.75) is 46.0 Å². The van der Waals surface area contributed by atoms with E-state index in [0.29, 0.717) is 12.0 Å². The van der Waals surface area contributed by atoms with E-state index in [9.17, 15) is 0 Å². The van der Waals surface area contributed by atoms with Gasteiger partial charge in [0.15, 0.2) is 0 Å². The van der Waals surface area contributed by atoms with Gasteiger partial charge in [0.1, 0.15) is 0 Å². The van der Waals surface area contributed by atoms with Crippen molar-refractivity contribution in [1.29, 1.82) is 0 Å². The Morgan fingerprint density at radius 2 is 2.09 bits per heavy atom. The van der Waals surface area contributed by atoms with Gasteiger partial charge in [-0.1, -0.05) is 26.7 Å². The molecule has 0 saturated heterocycles. The SMILES string of the molecule is CCCC(C)CC1(CO)CC1. The Balaban J connectivity index is 2.18. The van der Waals surface area contributed by atoms with Crippen LogP contribution in [0.3, 0.4) is 0 Å². The van der Waals surface area contributed by atoms with Crippen molar-refractivity contribution >= 4 is 0 Å². The van der Waals surface area contributed by atoms with Gasteiger partial charge in [-0.2, -0.15) is 0 Å². The fourth-order valence-corrected chi connectivity index (χ4v) is 1.94. The summed E-state index contributed by atoms with van der Waals surface area (Å²) < 4.78 is 0. The number of aliphatic hydroxyl groups excluding tert-OH is 1. The average Bonchev–Trinajstić information content (AvgIpc) is 2.70. The summed E-state index contributed by atoms with van der Waals surface area (Å²) in [6.45, 7) is 4.95. The van der Waals surface area contributed by atoms with E-state index in [0.717, 1.165) is 5.92 Å². The molecule has 66 valence electrons. The van der Waals surface area contributed by atoms with Gasteiger partial charge in [-0.05, 0) is 30.6 Å². The molecule has 0 aromatic heterocycles. The molecule has 0 radical (unpaired) electrons. The van der Waals surface area contributed by atoms with Crippen molar-refractivity contribution in [2.24, 2.45) is 11.3 Å². The van der Waals surface area contributed by atoms with Crippen LogP contribution in [0.15, 0.2) is 0 Å². The molecule has 1 N–H and O–H groups in total. The summed E-state index contributed by atoms with van der Waals surface area (Å²) in [5, 5.41) is 9.07. The van der Waals surface area contributed by atoms with Crippen LogP contribution in [0.2, 0.25) is 0 Å². The maximum absolute atomic E-state index is 9.07. The fourth-order valence-electron chi connectivity index (χ4n) is 1.94. The zero-order valence-corrected chi connectivity index (χ0v) is 7.77. The minimum absolute atomic E-state index is 0.370. The van der Waals surface area contributed by atoms with Crippen molar-refractivity contribution in [3.05, 3.63) is 0 Å². The molecule has 1 fully saturated rings. The maximum atomic E-state index is 9.07. The second kappa shape index (κ2) is 3.57. The summed E-state index contributed by atoms with van der Waals surface area (Å²) in [6.07, 6.45) is 6.37. The minimum Gasteiger partial charge on any atom is -0.396 e. The van der Waals surface area contributed by atoms with Crippen LogP contribution in [0.1, 0.15) is 46.0 Å². The zero-order chi connectivity index (χ0) is 8.32. The standard InChI is InChI=1S/C10H20O/c1-3-4-9(2)7-10(8-11)5-6-10/h9,11H,3-8H2,1-2H3. The van der Waals surface area contributed by atoms with Gasteiger partial charge in [-0.25, -0.2) is 0 Å². The molecule has 0 spiro atoms. The molecule has 1 rings (SSSR count). The Kier molecular flexibility index (Phi) is 2.94. The molecule has 1 aliphatic carbocycles. The van der Waals surface area contributed by atoms with Crippen molar-refractivity contribution in [3.63, 3.8) is 0 Å². The quantitative estimate of drug-likeness (QED) is 0.648. The van der Waals surface area contributed by atoms with E-state index >= 15 is 0 Å². The van der Waals surface area contributed by atoms with Crippen LogP contribution in [0, 0.1) is 11.3 Å². The van der Waals surface area contributed by atoms with Crippen LogP contribution in [-0.2, 0) is 0 Å². The highest BCUT2D eigenvalue weighted by Gasteiger charge is 2.42. The predicted molar refractivity (Wildman–Crippen MR) is 47.4 cm³/mol. The Morgan fingerprint density at radius 3 is 2.45 bits per heavy atom. The molecular formula is C10H20O. The van der Waals surface area contributed by atoms with Gasteiger partial charge in [-0.3, -0.25) is 0 Å². The maximum Gasteiger partial charge on any atom is 0.0487 e.